The fourth-order valence-electron chi connectivity index (χ4n) is 3.15. The maximum Gasteiger partial charge on any atom is 0.237 e. The Bertz CT molecular complexity index is 896. The summed E-state index contributed by atoms with van der Waals surface area (Å²) in [4.78, 5) is 24.7. The summed E-state index contributed by atoms with van der Waals surface area (Å²) in [5.41, 5.74) is 3.69. The number of para-hydroxylation sites is 1. The first-order valence-electron chi connectivity index (χ1n) is 10.1. The molecule has 0 bridgehead atoms. The minimum Gasteiger partial charge on any atom is -0.486 e. The Morgan fingerprint density at radius 3 is 2.47 bits per heavy atom. The van der Waals surface area contributed by atoms with Gasteiger partial charge in [0, 0.05) is 23.9 Å². The molecule has 160 valence electrons. The molecule has 30 heavy (non-hydrogen) atoms. The zero-order valence-corrected chi connectivity index (χ0v) is 18.4. The molecule has 0 radical (unpaired) electrons. The molecule has 0 aliphatic carbocycles. The number of hydrogen-bond donors (Lipinski definition) is 2. The Hall–Kier alpha value is -2.67. The highest BCUT2D eigenvalue weighted by atomic mass is 32.2. The number of rotatable bonds is 8. The quantitative estimate of drug-likeness (QED) is 0.603. The molecule has 1 atom stereocenters. The van der Waals surface area contributed by atoms with E-state index < -0.39 is 0 Å². The number of ether oxygens (including phenoxy) is 2. The van der Waals surface area contributed by atoms with E-state index in [1.165, 1.54) is 11.8 Å². The summed E-state index contributed by atoms with van der Waals surface area (Å²) in [6, 6.07) is 11.3. The molecule has 0 saturated carbocycles. The monoisotopic (exact) mass is 428 g/mol. The lowest BCUT2D eigenvalue weighted by molar-refractivity contribution is -0.116. The van der Waals surface area contributed by atoms with Gasteiger partial charge in [0.05, 0.1) is 5.25 Å². The van der Waals surface area contributed by atoms with Gasteiger partial charge in [-0.05, 0) is 56.2 Å². The van der Waals surface area contributed by atoms with Crippen molar-refractivity contribution in [1.82, 2.24) is 0 Å². The molecule has 1 aliphatic heterocycles. The second-order valence-electron chi connectivity index (χ2n) is 7.28. The Balaban J connectivity index is 1.39. The van der Waals surface area contributed by atoms with Gasteiger partial charge in [-0.2, -0.15) is 0 Å². The van der Waals surface area contributed by atoms with Crippen molar-refractivity contribution in [2.45, 2.75) is 38.9 Å². The molecule has 2 aromatic carbocycles. The third-order valence-corrected chi connectivity index (χ3v) is 6.08. The van der Waals surface area contributed by atoms with Crippen LogP contribution >= 0.6 is 11.8 Å². The Labute approximate surface area is 181 Å². The molecule has 0 saturated heterocycles. The molecule has 1 unspecified atom stereocenters. The first-order chi connectivity index (χ1) is 14.4. The van der Waals surface area contributed by atoms with Crippen LogP contribution in [0.1, 0.15) is 30.9 Å². The first-order valence-corrected chi connectivity index (χ1v) is 11.2. The van der Waals surface area contributed by atoms with E-state index in [0.717, 1.165) is 22.6 Å². The minimum atomic E-state index is -0.222. The van der Waals surface area contributed by atoms with Gasteiger partial charge in [-0.25, -0.2) is 0 Å². The van der Waals surface area contributed by atoms with Crippen LogP contribution in [0.3, 0.4) is 0 Å². The molecular weight excluding hydrogens is 400 g/mol. The van der Waals surface area contributed by atoms with Gasteiger partial charge in [-0.1, -0.05) is 18.2 Å². The van der Waals surface area contributed by atoms with Gasteiger partial charge in [0.15, 0.2) is 11.5 Å². The number of carbonyl (C=O) groups is 2. The molecule has 1 heterocycles. The molecule has 2 N–H and O–H groups in total. The molecule has 3 rings (SSSR count). The fraction of sp³-hybridized carbons (Fsp3) is 0.391. The SMILES string of the molecule is Cc1cccc(C)c1NC(=O)CCCSC(C)C(=O)Nc1ccc2c(c1)OCCO2. The van der Waals surface area contributed by atoms with Crippen molar-refractivity contribution in [2.24, 2.45) is 0 Å². The summed E-state index contributed by atoms with van der Waals surface area (Å²) in [7, 11) is 0. The number of benzene rings is 2. The van der Waals surface area contributed by atoms with Crippen LogP contribution in [0, 0.1) is 13.8 Å². The molecule has 6 nitrogen and oxygen atoms in total. The average molecular weight is 429 g/mol. The standard InChI is InChI=1S/C23H28N2O4S/c1-15-6-4-7-16(2)22(15)25-21(26)8-5-13-30-17(3)23(27)24-18-9-10-19-20(14-18)29-12-11-28-19/h4,6-7,9-10,14,17H,5,8,11-13H2,1-3H3,(H,24,27)(H,25,26). The highest BCUT2D eigenvalue weighted by Crippen LogP contribution is 2.32. The number of thioether (sulfide) groups is 1. The summed E-state index contributed by atoms with van der Waals surface area (Å²) < 4.78 is 11.0. The van der Waals surface area contributed by atoms with Crippen LogP contribution < -0.4 is 20.1 Å². The van der Waals surface area contributed by atoms with Crippen LogP contribution in [0.15, 0.2) is 36.4 Å². The highest BCUT2D eigenvalue weighted by molar-refractivity contribution is 8.00. The van der Waals surface area contributed by atoms with Crippen molar-refractivity contribution in [3.8, 4) is 11.5 Å². The second kappa shape index (κ2) is 10.4. The molecular formula is C23H28N2O4S. The van der Waals surface area contributed by atoms with E-state index in [4.69, 9.17) is 9.47 Å². The highest BCUT2D eigenvalue weighted by Gasteiger charge is 2.16. The van der Waals surface area contributed by atoms with Gasteiger partial charge in [0.2, 0.25) is 11.8 Å². The van der Waals surface area contributed by atoms with Crippen LogP contribution in [0.5, 0.6) is 11.5 Å². The van der Waals surface area contributed by atoms with Gasteiger partial charge in [-0.15, -0.1) is 11.8 Å². The normalized spacial score (nSPS) is 13.4. The van der Waals surface area contributed by atoms with E-state index >= 15 is 0 Å². The lowest BCUT2D eigenvalue weighted by Gasteiger charge is -2.19. The van der Waals surface area contributed by atoms with E-state index in [2.05, 4.69) is 10.6 Å². The zero-order chi connectivity index (χ0) is 21.5. The van der Waals surface area contributed by atoms with Crippen LogP contribution in [-0.4, -0.2) is 36.0 Å². The van der Waals surface area contributed by atoms with Crippen molar-refractivity contribution < 1.29 is 19.1 Å². The number of anilines is 2. The van der Waals surface area contributed by atoms with Gasteiger partial charge in [0.25, 0.3) is 0 Å². The zero-order valence-electron chi connectivity index (χ0n) is 17.6. The third kappa shape index (κ3) is 5.92. The van der Waals surface area contributed by atoms with E-state index in [1.807, 2.05) is 39.0 Å². The summed E-state index contributed by atoms with van der Waals surface area (Å²) in [6.07, 6.45) is 1.14. The van der Waals surface area contributed by atoms with Crippen LogP contribution in [-0.2, 0) is 9.59 Å². The first kappa shape index (κ1) is 22.0. The van der Waals surface area contributed by atoms with Crippen molar-refractivity contribution >= 4 is 35.0 Å². The topological polar surface area (TPSA) is 76.7 Å². The maximum atomic E-state index is 12.4. The Kier molecular flexibility index (Phi) is 7.63. The predicted molar refractivity (Wildman–Crippen MR) is 122 cm³/mol. The molecule has 0 fully saturated rings. The van der Waals surface area contributed by atoms with Crippen molar-refractivity contribution in [2.75, 3.05) is 29.6 Å². The number of carbonyl (C=O) groups excluding carboxylic acids is 2. The lowest BCUT2D eigenvalue weighted by atomic mass is 10.1. The van der Waals surface area contributed by atoms with Crippen molar-refractivity contribution in [1.29, 1.82) is 0 Å². The molecule has 0 aromatic heterocycles. The summed E-state index contributed by atoms with van der Waals surface area (Å²) in [5.74, 6) is 2.00. The number of fused-ring (bicyclic) bond motifs is 1. The molecule has 2 aromatic rings. The largest absolute Gasteiger partial charge is 0.486 e. The van der Waals surface area contributed by atoms with Gasteiger partial charge < -0.3 is 20.1 Å². The molecule has 7 heteroatoms. The van der Waals surface area contributed by atoms with E-state index in [-0.39, 0.29) is 17.1 Å². The Morgan fingerprint density at radius 2 is 1.73 bits per heavy atom. The number of amides is 2. The predicted octanol–water partition coefficient (Wildman–Crippen LogP) is 4.55. The van der Waals surface area contributed by atoms with Crippen molar-refractivity contribution in [3.05, 3.63) is 47.5 Å². The van der Waals surface area contributed by atoms with Crippen LogP contribution in [0.2, 0.25) is 0 Å². The number of aryl methyl sites for hydroxylation is 2. The smallest absolute Gasteiger partial charge is 0.237 e. The fourth-order valence-corrected chi connectivity index (χ4v) is 4.02. The number of hydrogen-bond acceptors (Lipinski definition) is 5. The second-order valence-corrected chi connectivity index (χ2v) is 8.73. The van der Waals surface area contributed by atoms with Crippen LogP contribution in [0.25, 0.3) is 0 Å². The van der Waals surface area contributed by atoms with E-state index in [9.17, 15) is 9.59 Å². The average Bonchev–Trinajstić information content (AvgIpc) is 2.73. The molecule has 1 aliphatic rings. The maximum absolute atomic E-state index is 12.4. The van der Waals surface area contributed by atoms with E-state index in [0.29, 0.717) is 43.2 Å². The summed E-state index contributed by atoms with van der Waals surface area (Å²) in [5, 5.41) is 5.69. The van der Waals surface area contributed by atoms with Gasteiger partial charge in [-0.3, -0.25) is 9.59 Å². The van der Waals surface area contributed by atoms with Crippen LogP contribution in [0.4, 0.5) is 11.4 Å². The number of nitrogens with one attached hydrogen (secondary N) is 2. The molecule has 2 amide bonds. The minimum absolute atomic E-state index is 0.00128. The van der Waals surface area contributed by atoms with E-state index in [1.54, 1.807) is 18.2 Å². The lowest BCUT2D eigenvalue weighted by Crippen LogP contribution is -2.23. The summed E-state index contributed by atoms with van der Waals surface area (Å²) in [6.45, 7) is 6.89. The third-order valence-electron chi connectivity index (χ3n) is 4.84. The van der Waals surface area contributed by atoms with Crippen molar-refractivity contribution in [3.63, 3.8) is 0 Å². The summed E-state index contributed by atoms with van der Waals surface area (Å²) >= 11 is 1.54. The van der Waals surface area contributed by atoms with Gasteiger partial charge in [0.1, 0.15) is 13.2 Å². The molecule has 0 spiro atoms. The van der Waals surface area contributed by atoms with Gasteiger partial charge >= 0.3 is 0 Å². The Morgan fingerprint density at radius 1 is 1.03 bits per heavy atom.